The number of likely N-dealkylation sites (tertiary alicyclic amines) is 1. The van der Waals surface area contributed by atoms with Gasteiger partial charge in [-0.2, -0.15) is 8.42 Å². The Bertz CT molecular complexity index is 1650. The van der Waals surface area contributed by atoms with Crippen LogP contribution in [0.2, 0.25) is 5.04 Å². The number of esters is 1. The van der Waals surface area contributed by atoms with Crippen molar-refractivity contribution in [3.05, 3.63) is 72.8 Å². The fraction of sp³-hybridized carbons (Fsp3) is 0.538. The third-order valence-electron chi connectivity index (χ3n) is 9.65. The van der Waals surface area contributed by atoms with E-state index in [1.807, 2.05) is 57.2 Å². The lowest BCUT2D eigenvalue weighted by Crippen LogP contribution is -2.66. The zero-order valence-electron chi connectivity index (χ0n) is 31.7. The van der Waals surface area contributed by atoms with Crippen LogP contribution >= 0.6 is 0 Å². The predicted octanol–water partition coefficient (Wildman–Crippen LogP) is 3.58. The van der Waals surface area contributed by atoms with Crippen LogP contribution < -0.4 is 10.4 Å². The van der Waals surface area contributed by atoms with Gasteiger partial charge in [0, 0.05) is 25.2 Å². The first-order valence-corrected chi connectivity index (χ1v) is 21.7. The van der Waals surface area contributed by atoms with Gasteiger partial charge in [0.05, 0.1) is 38.2 Å². The Labute approximate surface area is 315 Å². The molecule has 0 aromatic heterocycles. The second-order valence-corrected chi connectivity index (χ2v) is 21.4. The topological polar surface area (TPSA) is 146 Å². The Kier molecular flexibility index (Phi) is 14.4. The summed E-state index contributed by atoms with van der Waals surface area (Å²) in [5.74, 6) is -2.85. The molecule has 0 aliphatic carbocycles. The standard InChI is InChI=1S/C39H54N2O10SSi/c1-7-8-22-49-36(44)27-40-30(26-33(37(40)45)41-34(42)19-20-35(41)43)28-48-24-25-52(46,47)50-29-39(5,6)21-23-51-53(38(2,3)4,31-15-11-9-12-16-31)32-17-13-10-14-18-32/h9-20,30,33H,7-8,21-29H2,1-6H3/t30-,33-/m0/s1. The van der Waals surface area contributed by atoms with Crippen LogP contribution in [0, 0.1) is 5.41 Å². The molecule has 3 amide bonds. The SMILES string of the molecule is CCCCOC(=O)CN1C(=O)[C@@H](N2C(=O)C=CC2=O)C[C@H]1COCCS(=O)(=O)OCC(C)(C)CCO[Si](c1ccccc1)(c1ccccc1)C(C)(C)C. The Morgan fingerprint density at radius 3 is 2.00 bits per heavy atom. The molecular weight excluding hydrogens is 717 g/mol. The van der Waals surface area contributed by atoms with E-state index in [0.29, 0.717) is 19.4 Å². The van der Waals surface area contributed by atoms with Crippen molar-refractivity contribution >= 4 is 52.5 Å². The zero-order chi connectivity index (χ0) is 38.9. The second-order valence-electron chi connectivity index (χ2n) is 15.4. The lowest BCUT2D eigenvalue weighted by Gasteiger charge is -2.43. The van der Waals surface area contributed by atoms with E-state index < -0.39 is 65.4 Å². The third kappa shape index (κ3) is 10.7. The van der Waals surface area contributed by atoms with Gasteiger partial charge in [0.2, 0.25) is 5.91 Å². The van der Waals surface area contributed by atoms with Crippen molar-refractivity contribution in [1.29, 1.82) is 0 Å². The van der Waals surface area contributed by atoms with E-state index >= 15 is 0 Å². The molecular formula is C39H54N2O10SSi. The highest BCUT2D eigenvalue weighted by Crippen LogP contribution is 2.37. The fourth-order valence-electron chi connectivity index (χ4n) is 6.67. The van der Waals surface area contributed by atoms with Gasteiger partial charge in [0.15, 0.2) is 0 Å². The molecule has 14 heteroatoms. The van der Waals surface area contributed by atoms with Crippen LogP contribution in [0.15, 0.2) is 72.8 Å². The van der Waals surface area contributed by atoms with Gasteiger partial charge >= 0.3 is 5.97 Å². The average molecular weight is 771 g/mol. The molecule has 0 saturated carbocycles. The number of imide groups is 1. The van der Waals surface area contributed by atoms with Gasteiger partial charge in [-0.3, -0.25) is 28.3 Å². The molecule has 2 atom stereocenters. The van der Waals surface area contributed by atoms with Gasteiger partial charge in [-0.15, -0.1) is 0 Å². The number of benzene rings is 2. The van der Waals surface area contributed by atoms with Crippen LogP contribution in [0.5, 0.6) is 0 Å². The van der Waals surface area contributed by atoms with Crippen LogP contribution in [-0.4, -0.2) is 108 Å². The second kappa shape index (κ2) is 18.1. The Morgan fingerprint density at radius 1 is 0.868 bits per heavy atom. The number of carbonyl (C=O) groups is 4. The third-order valence-corrected chi connectivity index (χ3v) is 15.8. The summed E-state index contributed by atoms with van der Waals surface area (Å²) in [5, 5.41) is 2.14. The van der Waals surface area contributed by atoms with Crippen LogP contribution in [0.25, 0.3) is 0 Å². The first-order valence-electron chi connectivity index (χ1n) is 18.2. The molecule has 0 radical (unpaired) electrons. The Balaban J connectivity index is 1.32. The molecule has 2 aliphatic rings. The number of ether oxygens (including phenoxy) is 2. The minimum Gasteiger partial charge on any atom is -0.464 e. The van der Waals surface area contributed by atoms with E-state index in [-0.39, 0.29) is 44.4 Å². The molecule has 2 aromatic carbocycles. The zero-order valence-corrected chi connectivity index (χ0v) is 33.6. The molecule has 1 saturated heterocycles. The summed E-state index contributed by atoms with van der Waals surface area (Å²) in [6.07, 6.45) is 4.27. The quantitative estimate of drug-likeness (QED) is 0.0644. The first kappa shape index (κ1) is 42.1. The van der Waals surface area contributed by atoms with Crippen molar-refractivity contribution < 1.29 is 45.7 Å². The molecule has 1 fully saturated rings. The molecule has 12 nitrogen and oxygen atoms in total. The average Bonchev–Trinajstić information content (AvgIpc) is 3.60. The van der Waals surface area contributed by atoms with Crippen molar-refractivity contribution in [3.8, 4) is 0 Å². The fourth-order valence-corrected chi connectivity index (χ4v) is 12.2. The molecule has 0 unspecified atom stereocenters. The van der Waals surface area contributed by atoms with Crippen LogP contribution in [0.1, 0.15) is 67.2 Å². The van der Waals surface area contributed by atoms with Gasteiger partial charge < -0.3 is 18.8 Å². The van der Waals surface area contributed by atoms with Crippen LogP contribution in [0.4, 0.5) is 0 Å². The lowest BCUT2D eigenvalue weighted by molar-refractivity contribution is -0.151. The summed E-state index contributed by atoms with van der Waals surface area (Å²) in [4.78, 5) is 52.6. The van der Waals surface area contributed by atoms with Crippen molar-refractivity contribution in [2.24, 2.45) is 5.41 Å². The highest BCUT2D eigenvalue weighted by Gasteiger charge is 2.50. The summed E-state index contributed by atoms with van der Waals surface area (Å²) in [5.41, 5.74) is -0.538. The van der Waals surface area contributed by atoms with E-state index in [2.05, 4.69) is 45.0 Å². The maximum Gasteiger partial charge on any atom is 0.325 e. The van der Waals surface area contributed by atoms with Crippen molar-refractivity contribution in [2.45, 2.75) is 84.3 Å². The summed E-state index contributed by atoms with van der Waals surface area (Å²) < 4.78 is 49.3. The molecule has 0 N–H and O–H groups in total. The number of hydrogen-bond acceptors (Lipinski definition) is 10. The molecule has 0 spiro atoms. The minimum absolute atomic E-state index is 0.0354. The van der Waals surface area contributed by atoms with Gasteiger partial charge in [0.25, 0.3) is 30.2 Å². The maximum absolute atomic E-state index is 13.3. The van der Waals surface area contributed by atoms with Gasteiger partial charge in [-0.25, -0.2) is 0 Å². The highest BCUT2D eigenvalue weighted by molar-refractivity contribution is 7.86. The Morgan fingerprint density at radius 2 is 1.45 bits per heavy atom. The molecule has 4 rings (SSSR count). The molecule has 0 bridgehead atoms. The van der Waals surface area contributed by atoms with Crippen LogP contribution in [0.3, 0.4) is 0 Å². The van der Waals surface area contributed by atoms with Gasteiger partial charge in [-0.1, -0.05) is 109 Å². The van der Waals surface area contributed by atoms with Crippen molar-refractivity contribution in [3.63, 3.8) is 0 Å². The summed E-state index contributed by atoms with van der Waals surface area (Å²) >= 11 is 0. The Hall–Kier alpha value is -3.69. The van der Waals surface area contributed by atoms with E-state index in [1.54, 1.807) is 0 Å². The molecule has 53 heavy (non-hydrogen) atoms. The summed E-state index contributed by atoms with van der Waals surface area (Å²) in [7, 11) is -6.74. The number of amides is 3. The maximum atomic E-state index is 13.3. The van der Waals surface area contributed by atoms with Crippen molar-refractivity contribution in [2.75, 3.05) is 45.3 Å². The molecule has 290 valence electrons. The van der Waals surface area contributed by atoms with Gasteiger partial charge in [0.1, 0.15) is 12.6 Å². The largest absolute Gasteiger partial charge is 0.464 e. The smallest absolute Gasteiger partial charge is 0.325 e. The lowest BCUT2D eigenvalue weighted by atomic mass is 9.91. The van der Waals surface area contributed by atoms with E-state index in [1.165, 1.54) is 4.90 Å². The predicted molar refractivity (Wildman–Crippen MR) is 203 cm³/mol. The van der Waals surface area contributed by atoms with Crippen LogP contribution in [-0.2, 0) is 47.4 Å². The van der Waals surface area contributed by atoms with E-state index in [4.69, 9.17) is 18.1 Å². The van der Waals surface area contributed by atoms with Gasteiger partial charge in [-0.05, 0) is 33.7 Å². The van der Waals surface area contributed by atoms with E-state index in [9.17, 15) is 27.6 Å². The monoisotopic (exact) mass is 770 g/mol. The first-order chi connectivity index (χ1) is 25.0. The summed E-state index contributed by atoms with van der Waals surface area (Å²) in [6, 6.07) is 18.8. The summed E-state index contributed by atoms with van der Waals surface area (Å²) in [6.45, 7) is 12.3. The number of hydrogen-bond donors (Lipinski definition) is 0. The molecule has 2 aliphatic heterocycles. The number of carbonyl (C=O) groups excluding carboxylic acids is 4. The molecule has 2 heterocycles. The molecule has 2 aromatic rings. The minimum atomic E-state index is -3.99. The number of rotatable bonds is 20. The highest BCUT2D eigenvalue weighted by atomic mass is 32.2. The number of nitrogens with zero attached hydrogens (tertiary/aromatic N) is 2. The normalized spacial score (nSPS) is 18.3. The number of unbranched alkanes of at least 4 members (excludes halogenated alkanes) is 1. The van der Waals surface area contributed by atoms with Crippen molar-refractivity contribution in [1.82, 2.24) is 9.80 Å². The van der Waals surface area contributed by atoms with E-state index in [0.717, 1.165) is 33.8 Å².